The van der Waals surface area contributed by atoms with E-state index >= 15 is 0 Å². The highest BCUT2D eigenvalue weighted by atomic mass is 35.5. The molecule has 3 nitrogen and oxygen atoms in total. The lowest BCUT2D eigenvalue weighted by molar-refractivity contribution is -0.142. The van der Waals surface area contributed by atoms with Crippen molar-refractivity contribution in [3.05, 3.63) is 29.3 Å². The van der Waals surface area contributed by atoms with Gasteiger partial charge in [-0.25, -0.2) is 0 Å². The Morgan fingerprint density at radius 1 is 1.30 bits per heavy atom. The first kappa shape index (κ1) is 17.1. The number of hydrogen-bond donors (Lipinski definition) is 1. The number of halogens is 1. The first-order chi connectivity index (χ1) is 11.2. The standard InChI is InChI=1S/C18H24ClNO2S/c19-14-7-2-4-9-17(14)23-11-5-10-20-15-8-3-1-6-13(15)12-16(20)18(21)22/h2,4,7,9,13,15-16H,1,3,5-6,8,10-12H2,(H,21,22). The number of carbonyl (C=O) groups is 1. The van der Waals surface area contributed by atoms with Gasteiger partial charge in [-0.05, 0) is 49.5 Å². The maximum Gasteiger partial charge on any atom is 0.320 e. The van der Waals surface area contributed by atoms with Crippen LogP contribution in [0, 0.1) is 5.92 Å². The number of rotatable bonds is 6. The predicted octanol–water partition coefficient (Wildman–Crippen LogP) is 4.54. The minimum atomic E-state index is -0.641. The zero-order valence-corrected chi connectivity index (χ0v) is 14.9. The Morgan fingerprint density at radius 2 is 2.09 bits per heavy atom. The highest BCUT2D eigenvalue weighted by Crippen LogP contribution is 2.40. The lowest BCUT2D eigenvalue weighted by atomic mass is 9.85. The van der Waals surface area contributed by atoms with Crippen LogP contribution in [0.15, 0.2) is 29.2 Å². The fraction of sp³-hybridized carbons (Fsp3) is 0.611. The summed E-state index contributed by atoms with van der Waals surface area (Å²) in [5, 5.41) is 10.3. The largest absolute Gasteiger partial charge is 0.480 e. The summed E-state index contributed by atoms with van der Waals surface area (Å²) in [6, 6.07) is 8.12. The number of likely N-dealkylation sites (tertiary alicyclic amines) is 1. The molecule has 1 heterocycles. The molecule has 0 amide bonds. The second kappa shape index (κ2) is 7.91. The van der Waals surface area contributed by atoms with Gasteiger partial charge in [0, 0.05) is 17.5 Å². The molecule has 1 aromatic rings. The molecule has 1 saturated carbocycles. The van der Waals surface area contributed by atoms with Crippen molar-refractivity contribution >= 4 is 29.3 Å². The molecule has 0 aromatic heterocycles. The van der Waals surface area contributed by atoms with E-state index in [9.17, 15) is 9.90 Å². The molecule has 2 fully saturated rings. The van der Waals surface area contributed by atoms with Gasteiger partial charge in [0.2, 0.25) is 0 Å². The summed E-state index contributed by atoms with van der Waals surface area (Å²) in [6.45, 7) is 0.885. The molecule has 1 aromatic carbocycles. The van der Waals surface area contributed by atoms with Gasteiger partial charge in [-0.15, -0.1) is 11.8 Å². The van der Waals surface area contributed by atoms with Crippen LogP contribution in [-0.4, -0.2) is 40.4 Å². The number of carboxylic acids is 1. The lowest BCUT2D eigenvalue weighted by Crippen LogP contribution is -2.42. The molecule has 3 unspecified atom stereocenters. The van der Waals surface area contributed by atoms with E-state index in [1.165, 1.54) is 25.7 Å². The number of fused-ring (bicyclic) bond motifs is 1. The van der Waals surface area contributed by atoms with E-state index in [1.54, 1.807) is 11.8 Å². The van der Waals surface area contributed by atoms with Crippen molar-refractivity contribution in [2.45, 2.75) is 55.5 Å². The summed E-state index contributed by atoms with van der Waals surface area (Å²) in [7, 11) is 0. The van der Waals surface area contributed by atoms with Crippen molar-refractivity contribution in [2.75, 3.05) is 12.3 Å². The van der Waals surface area contributed by atoms with Crippen molar-refractivity contribution < 1.29 is 9.90 Å². The van der Waals surface area contributed by atoms with Gasteiger partial charge in [0.05, 0.1) is 5.02 Å². The number of thioether (sulfide) groups is 1. The van der Waals surface area contributed by atoms with Crippen molar-refractivity contribution in [1.29, 1.82) is 0 Å². The van der Waals surface area contributed by atoms with Gasteiger partial charge in [0.1, 0.15) is 6.04 Å². The summed E-state index contributed by atoms with van der Waals surface area (Å²) in [6.07, 6.45) is 6.74. The van der Waals surface area contributed by atoms with E-state index in [2.05, 4.69) is 4.90 Å². The molecule has 23 heavy (non-hydrogen) atoms. The van der Waals surface area contributed by atoms with Crippen molar-refractivity contribution in [1.82, 2.24) is 4.90 Å². The number of aliphatic carboxylic acids is 1. The van der Waals surface area contributed by atoms with Crippen molar-refractivity contribution in [3.63, 3.8) is 0 Å². The van der Waals surface area contributed by atoms with E-state index in [0.29, 0.717) is 12.0 Å². The normalized spacial score (nSPS) is 27.8. The smallest absolute Gasteiger partial charge is 0.320 e. The van der Waals surface area contributed by atoms with Gasteiger partial charge in [-0.3, -0.25) is 9.69 Å². The maximum absolute atomic E-state index is 11.6. The molecule has 2 aliphatic rings. The van der Waals surface area contributed by atoms with Crippen LogP contribution in [0.1, 0.15) is 38.5 Å². The Balaban J connectivity index is 1.53. The Morgan fingerprint density at radius 3 is 2.87 bits per heavy atom. The molecular weight excluding hydrogens is 330 g/mol. The predicted molar refractivity (Wildman–Crippen MR) is 95.3 cm³/mol. The third-order valence-corrected chi connectivity index (χ3v) is 6.76. The maximum atomic E-state index is 11.6. The minimum Gasteiger partial charge on any atom is -0.480 e. The zero-order chi connectivity index (χ0) is 16.2. The van der Waals surface area contributed by atoms with Gasteiger partial charge in [0.15, 0.2) is 0 Å². The SMILES string of the molecule is O=C(O)C1CC2CCCCC2N1CCCSc1ccccc1Cl. The highest BCUT2D eigenvalue weighted by Gasteiger charge is 2.44. The van der Waals surface area contributed by atoms with Crippen LogP contribution in [0.5, 0.6) is 0 Å². The van der Waals surface area contributed by atoms with Crippen LogP contribution < -0.4 is 0 Å². The van der Waals surface area contributed by atoms with E-state index in [0.717, 1.165) is 35.1 Å². The topological polar surface area (TPSA) is 40.5 Å². The molecule has 0 spiro atoms. The summed E-state index contributed by atoms with van der Waals surface area (Å²) in [4.78, 5) is 15.0. The molecule has 1 saturated heterocycles. The van der Waals surface area contributed by atoms with E-state index < -0.39 is 5.97 Å². The van der Waals surface area contributed by atoms with Crippen LogP contribution in [0.25, 0.3) is 0 Å². The van der Waals surface area contributed by atoms with Gasteiger partial charge in [-0.1, -0.05) is 36.6 Å². The second-order valence-electron chi connectivity index (χ2n) is 6.57. The van der Waals surface area contributed by atoms with Crippen LogP contribution in [-0.2, 0) is 4.79 Å². The number of benzene rings is 1. The van der Waals surface area contributed by atoms with Crippen molar-refractivity contribution in [3.8, 4) is 0 Å². The van der Waals surface area contributed by atoms with Gasteiger partial charge in [-0.2, -0.15) is 0 Å². The number of carboxylic acid groups (broad SMARTS) is 1. The Kier molecular flexibility index (Phi) is 5.89. The molecule has 1 aliphatic carbocycles. The first-order valence-electron chi connectivity index (χ1n) is 8.52. The van der Waals surface area contributed by atoms with E-state index in [1.807, 2.05) is 24.3 Å². The molecule has 1 N–H and O–H groups in total. The van der Waals surface area contributed by atoms with Gasteiger partial charge < -0.3 is 5.11 Å². The molecular formula is C18H24ClNO2S. The van der Waals surface area contributed by atoms with Crippen LogP contribution in [0.2, 0.25) is 5.02 Å². The molecule has 1 aliphatic heterocycles. The van der Waals surface area contributed by atoms with E-state index in [4.69, 9.17) is 11.6 Å². The van der Waals surface area contributed by atoms with Gasteiger partial charge in [0.25, 0.3) is 0 Å². The molecule has 3 atom stereocenters. The van der Waals surface area contributed by atoms with Crippen LogP contribution in [0.4, 0.5) is 0 Å². The monoisotopic (exact) mass is 353 g/mol. The fourth-order valence-corrected chi connectivity index (χ4v) is 5.28. The lowest BCUT2D eigenvalue weighted by Gasteiger charge is -2.32. The van der Waals surface area contributed by atoms with Gasteiger partial charge >= 0.3 is 5.97 Å². The molecule has 5 heteroatoms. The quantitative estimate of drug-likeness (QED) is 0.602. The minimum absolute atomic E-state index is 0.270. The van der Waals surface area contributed by atoms with Crippen LogP contribution >= 0.6 is 23.4 Å². The molecule has 0 bridgehead atoms. The highest BCUT2D eigenvalue weighted by molar-refractivity contribution is 7.99. The number of nitrogens with zero attached hydrogens (tertiary/aromatic N) is 1. The Labute approximate surface area is 147 Å². The summed E-state index contributed by atoms with van der Waals surface area (Å²) < 4.78 is 0. The molecule has 3 rings (SSSR count). The average molecular weight is 354 g/mol. The third kappa shape index (κ3) is 4.04. The Bertz CT molecular complexity index is 554. The average Bonchev–Trinajstić information content (AvgIpc) is 2.92. The molecule has 0 radical (unpaired) electrons. The first-order valence-corrected chi connectivity index (χ1v) is 9.89. The van der Waals surface area contributed by atoms with Crippen molar-refractivity contribution in [2.24, 2.45) is 5.92 Å². The molecule has 126 valence electrons. The van der Waals surface area contributed by atoms with E-state index in [-0.39, 0.29) is 6.04 Å². The number of hydrogen-bond acceptors (Lipinski definition) is 3. The summed E-state index contributed by atoms with van der Waals surface area (Å²) in [5.41, 5.74) is 0. The zero-order valence-electron chi connectivity index (χ0n) is 13.3. The fourth-order valence-electron chi connectivity index (χ4n) is 4.11. The Hall–Kier alpha value is -0.710. The van der Waals surface area contributed by atoms with Crippen LogP contribution in [0.3, 0.4) is 0 Å². The summed E-state index contributed by atoms with van der Waals surface area (Å²) >= 11 is 7.94. The third-order valence-electron chi connectivity index (χ3n) is 5.16. The summed E-state index contributed by atoms with van der Waals surface area (Å²) in [5.74, 6) is 0.934. The second-order valence-corrected chi connectivity index (χ2v) is 8.12.